The number of carbonyl (C=O) groups is 1. The van der Waals surface area contributed by atoms with Crippen molar-refractivity contribution in [2.75, 3.05) is 11.1 Å². The fourth-order valence-corrected chi connectivity index (χ4v) is 6.99. The summed E-state index contributed by atoms with van der Waals surface area (Å²) in [5, 5.41) is 4.91. The minimum Gasteiger partial charge on any atom is -0.325 e. The highest BCUT2D eigenvalue weighted by Gasteiger charge is 2.25. The first-order valence-corrected chi connectivity index (χ1v) is 13.5. The molecule has 5 rings (SSSR count). The van der Waals surface area contributed by atoms with E-state index in [1.165, 1.54) is 16.6 Å². The molecule has 1 amide bonds. The van der Waals surface area contributed by atoms with Crippen molar-refractivity contribution in [2.24, 2.45) is 5.92 Å². The molecule has 0 fully saturated rings. The SMILES string of the molecule is CC1CCc2c(sc3nc(SCC(=O)Nc4cc(Cl)cc(Cl)c4)n(-c4ccccc4)c(=O)c23)C1. The predicted octanol–water partition coefficient (Wildman–Crippen LogP) is 6.61. The molecule has 1 N–H and O–H groups in total. The Kier molecular flexibility index (Phi) is 6.71. The van der Waals surface area contributed by atoms with Crippen LogP contribution in [0.4, 0.5) is 5.69 Å². The first-order chi connectivity index (χ1) is 16.4. The van der Waals surface area contributed by atoms with E-state index in [-0.39, 0.29) is 17.2 Å². The number of amides is 1. The summed E-state index contributed by atoms with van der Waals surface area (Å²) in [5.41, 5.74) is 2.32. The number of thioether (sulfide) groups is 1. The van der Waals surface area contributed by atoms with E-state index < -0.39 is 0 Å². The van der Waals surface area contributed by atoms with Gasteiger partial charge < -0.3 is 5.32 Å². The monoisotopic (exact) mass is 529 g/mol. The molecule has 9 heteroatoms. The summed E-state index contributed by atoms with van der Waals surface area (Å²) >= 11 is 14.9. The largest absolute Gasteiger partial charge is 0.325 e. The van der Waals surface area contributed by atoms with Gasteiger partial charge in [-0.05, 0) is 61.1 Å². The van der Waals surface area contributed by atoms with Crippen LogP contribution in [0.1, 0.15) is 23.8 Å². The number of nitrogens with one attached hydrogen (secondary N) is 1. The third-order valence-corrected chi connectivity index (χ3v) is 8.31. The second-order valence-corrected chi connectivity index (χ2v) is 11.3. The fraction of sp³-hybridized carbons (Fsp3) is 0.240. The van der Waals surface area contributed by atoms with Crippen LogP contribution in [0.5, 0.6) is 0 Å². The number of rotatable bonds is 5. The summed E-state index contributed by atoms with van der Waals surface area (Å²) < 4.78 is 1.63. The number of aryl methyl sites for hydroxylation is 1. The smallest absolute Gasteiger partial charge is 0.267 e. The van der Waals surface area contributed by atoms with Gasteiger partial charge in [-0.25, -0.2) is 4.98 Å². The van der Waals surface area contributed by atoms with Gasteiger partial charge in [0.25, 0.3) is 5.56 Å². The van der Waals surface area contributed by atoms with Gasteiger partial charge in [0.2, 0.25) is 5.91 Å². The van der Waals surface area contributed by atoms with E-state index in [1.54, 1.807) is 34.1 Å². The molecule has 0 radical (unpaired) electrons. The Morgan fingerprint density at radius 3 is 2.68 bits per heavy atom. The standard InChI is InChI=1S/C25H21Cl2N3O2S2/c1-14-7-8-19-20(9-14)34-23-22(19)24(32)30(18-5-3-2-4-6-18)25(29-23)33-13-21(31)28-17-11-15(26)10-16(27)12-17/h2-6,10-12,14H,7-9,13H2,1H3,(H,28,31). The number of carbonyl (C=O) groups excluding carboxylic acids is 1. The summed E-state index contributed by atoms with van der Waals surface area (Å²) in [7, 11) is 0. The van der Waals surface area contributed by atoms with E-state index >= 15 is 0 Å². The Labute approximate surface area is 215 Å². The molecule has 0 saturated heterocycles. The number of fused-ring (bicyclic) bond motifs is 3. The summed E-state index contributed by atoms with van der Waals surface area (Å²) in [4.78, 5) is 33.3. The maximum atomic E-state index is 13.8. The molecule has 2 heterocycles. The van der Waals surface area contributed by atoms with E-state index in [4.69, 9.17) is 28.2 Å². The maximum absolute atomic E-state index is 13.8. The number of halogens is 2. The lowest BCUT2D eigenvalue weighted by molar-refractivity contribution is -0.113. The molecule has 0 aliphatic heterocycles. The van der Waals surface area contributed by atoms with Gasteiger partial charge in [0, 0.05) is 20.6 Å². The molecule has 1 aliphatic rings. The lowest BCUT2D eigenvalue weighted by Crippen LogP contribution is -2.23. The molecule has 5 nitrogen and oxygen atoms in total. The molecule has 2 aromatic carbocycles. The number of nitrogens with zero attached hydrogens (tertiary/aromatic N) is 2. The number of hydrogen-bond donors (Lipinski definition) is 1. The molecule has 1 unspecified atom stereocenters. The third kappa shape index (κ3) is 4.75. The van der Waals surface area contributed by atoms with E-state index in [2.05, 4.69) is 12.2 Å². The molecule has 0 spiro atoms. The quantitative estimate of drug-likeness (QED) is 0.233. The van der Waals surface area contributed by atoms with Crippen molar-refractivity contribution in [3.8, 4) is 5.69 Å². The van der Waals surface area contributed by atoms with Gasteiger partial charge in [-0.1, -0.05) is 60.1 Å². The molecule has 1 atom stereocenters. The lowest BCUT2D eigenvalue weighted by atomic mass is 9.89. The Balaban J connectivity index is 1.50. The van der Waals surface area contributed by atoms with Crippen molar-refractivity contribution < 1.29 is 4.79 Å². The van der Waals surface area contributed by atoms with Crippen LogP contribution in [-0.2, 0) is 17.6 Å². The van der Waals surface area contributed by atoms with Crippen molar-refractivity contribution in [3.63, 3.8) is 0 Å². The average Bonchev–Trinajstić information content (AvgIpc) is 3.15. The number of para-hydroxylation sites is 1. The predicted molar refractivity (Wildman–Crippen MR) is 142 cm³/mol. The number of anilines is 1. The minimum absolute atomic E-state index is 0.0761. The van der Waals surface area contributed by atoms with Gasteiger partial charge in [0.15, 0.2) is 5.16 Å². The van der Waals surface area contributed by atoms with Crippen molar-refractivity contribution in [1.29, 1.82) is 0 Å². The van der Waals surface area contributed by atoms with Crippen LogP contribution in [0.3, 0.4) is 0 Å². The van der Waals surface area contributed by atoms with Gasteiger partial charge in [-0.3, -0.25) is 14.2 Å². The number of thiophene rings is 1. The highest BCUT2D eigenvalue weighted by molar-refractivity contribution is 7.99. The van der Waals surface area contributed by atoms with Gasteiger partial charge >= 0.3 is 0 Å². The third-order valence-electron chi connectivity index (χ3n) is 5.79. The molecular formula is C25H21Cl2N3O2S2. The highest BCUT2D eigenvalue weighted by atomic mass is 35.5. The van der Waals surface area contributed by atoms with E-state index in [0.717, 1.165) is 40.7 Å². The zero-order valence-electron chi connectivity index (χ0n) is 18.3. The molecule has 0 saturated carbocycles. The van der Waals surface area contributed by atoms with Gasteiger partial charge in [0.1, 0.15) is 4.83 Å². The maximum Gasteiger partial charge on any atom is 0.267 e. The average molecular weight is 531 g/mol. The summed E-state index contributed by atoms with van der Waals surface area (Å²) in [6.07, 6.45) is 2.96. The first-order valence-electron chi connectivity index (χ1n) is 10.9. The summed E-state index contributed by atoms with van der Waals surface area (Å²) in [6, 6.07) is 14.3. The zero-order chi connectivity index (χ0) is 23.8. The van der Waals surface area contributed by atoms with E-state index in [0.29, 0.717) is 26.8 Å². The van der Waals surface area contributed by atoms with Crippen LogP contribution in [-0.4, -0.2) is 21.2 Å². The van der Waals surface area contributed by atoms with Crippen molar-refractivity contribution in [1.82, 2.24) is 9.55 Å². The molecule has 0 bridgehead atoms. The second kappa shape index (κ2) is 9.74. The number of benzene rings is 2. The summed E-state index contributed by atoms with van der Waals surface area (Å²) in [5.74, 6) is 0.447. The molecule has 4 aromatic rings. The van der Waals surface area contributed by atoms with Crippen molar-refractivity contribution >= 4 is 68.1 Å². The van der Waals surface area contributed by atoms with Crippen LogP contribution in [0.25, 0.3) is 15.9 Å². The van der Waals surface area contributed by atoms with Crippen molar-refractivity contribution in [3.05, 3.63) is 79.4 Å². The molecule has 34 heavy (non-hydrogen) atoms. The van der Waals surface area contributed by atoms with Gasteiger partial charge in [-0.2, -0.15) is 0 Å². The Morgan fingerprint density at radius 2 is 1.94 bits per heavy atom. The first kappa shape index (κ1) is 23.4. The van der Waals surface area contributed by atoms with E-state index in [1.807, 2.05) is 30.3 Å². The van der Waals surface area contributed by atoms with Crippen LogP contribution < -0.4 is 10.9 Å². The van der Waals surface area contributed by atoms with Gasteiger partial charge in [-0.15, -0.1) is 11.3 Å². The zero-order valence-corrected chi connectivity index (χ0v) is 21.5. The molecular weight excluding hydrogens is 509 g/mol. The van der Waals surface area contributed by atoms with Crippen molar-refractivity contribution in [2.45, 2.75) is 31.3 Å². The Bertz CT molecular complexity index is 1430. The van der Waals surface area contributed by atoms with Crippen LogP contribution in [0.2, 0.25) is 10.0 Å². The van der Waals surface area contributed by atoms with Gasteiger partial charge in [0.05, 0.1) is 16.8 Å². The van der Waals surface area contributed by atoms with E-state index in [9.17, 15) is 9.59 Å². The Morgan fingerprint density at radius 1 is 1.21 bits per heavy atom. The molecule has 174 valence electrons. The normalized spacial score (nSPS) is 15.3. The highest BCUT2D eigenvalue weighted by Crippen LogP contribution is 2.37. The molecule has 2 aromatic heterocycles. The second-order valence-electron chi connectivity index (χ2n) is 8.40. The fourth-order valence-electron chi connectivity index (χ4n) is 4.23. The Hall–Kier alpha value is -2.32. The molecule has 1 aliphatic carbocycles. The topological polar surface area (TPSA) is 64.0 Å². The minimum atomic E-state index is -0.239. The number of hydrogen-bond acceptors (Lipinski definition) is 5. The van der Waals surface area contributed by atoms with Crippen LogP contribution >= 0.6 is 46.3 Å². The van der Waals surface area contributed by atoms with Crippen LogP contribution in [0.15, 0.2) is 58.5 Å². The lowest BCUT2D eigenvalue weighted by Gasteiger charge is -2.17. The number of aromatic nitrogens is 2. The summed E-state index contributed by atoms with van der Waals surface area (Å²) in [6.45, 7) is 2.25. The van der Waals surface area contributed by atoms with Crippen LogP contribution in [0, 0.1) is 5.92 Å².